The summed E-state index contributed by atoms with van der Waals surface area (Å²) < 4.78 is 0. The third kappa shape index (κ3) is 4.42. The molecule has 0 aliphatic heterocycles. The third-order valence-corrected chi connectivity index (χ3v) is 3.11. The third-order valence-electron chi connectivity index (χ3n) is 3.11. The van der Waals surface area contributed by atoms with Crippen LogP contribution in [0, 0.1) is 18.8 Å². The smallest absolute Gasteiger partial charge is 0.251 e. The first kappa shape index (κ1) is 15.3. The fourth-order valence-electron chi connectivity index (χ4n) is 1.84. The molecule has 0 atom stereocenters. The van der Waals surface area contributed by atoms with Crippen LogP contribution in [-0.4, -0.2) is 23.7 Å². The molecule has 0 spiro atoms. The first-order chi connectivity index (χ1) is 9.12. The van der Waals surface area contributed by atoms with E-state index in [2.05, 4.69) is 31.0 Å². The summed E-state index contributed by atoms with van der Waals surface area (Å²) in [5.41, 5.74) is 2.44. The summed E-state index contributed by atoms with van der Waals surface area (Å²) in [6.45, 7) is 5.88. The molecule has 0 radical (unpaired) electrons. The maximum atomic E-state index is 12.1. The second-order valence-corrected chi connectivity index (χ2v) is 4.48. The lowest BCUT2D eigenvalue weighted by atomic mass is 10.0. The molecule has 0 aliphatic carbocycles. The van der Waals surface area contributed by atoms with Gasteiger partial charge in [-0.25, -0.2) is 0 Å². The highest BCUT2D eigenvalue weighted by Crippen LogP contribution is 2.11. The predicted octanol–water partition coefficient (Wildman–Crippen LogP) is 2.26. The van der Waals surface area contributed by atoms with Crippen LogP contribution in [0.3, 0.4) is 0 Å². The lowest BCUT2D eigenvalue weighted by Crippen LogP contribution is -2.33. The Morgan fingerprint density at radius 3 is 2.58 bits per heavy atom. The van der Waals surface area contributed by atoms with E-state index in [-0.39, 0.29) is 18.6 Å². The van der Waals surface area contributed by atoms with Gasteiger partial charge in [0.25, 0.3) is 5.91 Å². The Labute approximate surface area is 115 Å². The van der Waals surface area contributed by atoms with Crippen LogP contribution >= 0.6 is 0 Å². The fourth-order valence-corrected chi connectivity index (χ4v) is 1.84. The van der Waals surface area contributed by atoms with E-state index in [4.69, 9.17) is 5.11 Å². The second kappa shape index (κ2) is 7.60. The van der Waals surface area contributed by atoms with Crippen molar-refractivity contribution in [2.24, 2.45) is 0 Å². The number of carbonyl (C=O) groups is 1. The van der Waals surface area contributed by atoms with E-state index in [1.807, 2.05) is 19.1 Å². The van der Waals surface area contributed by atoms with Gasteiger partial charge in [-0.1, -0.05) is 25.7 Å². The Hall–Kier alpha value is -1.79. The van der Waals surface area contributed by atoms with Gasteiger partial charge in [-0.15, -0.1) is 0 Å². The lowest BCUT2D eigenvalue weighted by molar-refractivity contribution is 0.0935. The average Bonchev–Trinajstić information content (AvgIpc) is 2.43. The molecule has 2 N–H and O–H groups in total. The molecule has 0 heterocycles. The van der Waals surface area contributed by atoms with Crippen molar-refractivity contribution in [2.45, 2.75) is 39.7 Å². The largest absolute Gasteiger partial charge is 0.384 e. The van der Waals surface area contributed by atoms with Gasteiger partial charge >= 0.3 is 0 Å². The molecule has 1 aromatic rings. The second-order valence-electron chi connectivity index (χ2n) is 4.48. The summed E-state index contributed by atoms with van der Waals surface area (Å²) in [5, 5.41) is 11.7. The number of hydrogen-bond acceptors (Lipinski definition) is 2. The molecule has 1 aromatic carbocycles. The summed E-state index contributed by atoms with van der Waals surface area (Å²) in [6.07, 6.45) is 1.86. The Bertz CT molecular complexity index is 493. The van der Waals surface area contributed by atoms with Crippen LogP contribution in [0.1, 0.15) is 48.2 Å². The monoisotopic (exact) mass is 259 g/mol. The highest BCUT2D eigenvalue weighted by molar-refractivity contribution is 5.94. The van der Waals surface area contributed by atoms with Gasteiger partial charge in [-0.3, -0.25) is 4.79 Å². The summed E-state index contributed by atoms with van der Waals surface area (Å²) >= 11 is 0. The van der Waals surface area contributed by atoms with Crippen LogP contribution in [0.15, 0.2) is 18.2 Å². The van der Waals surface area contributed by atoms with Gasteiger partial charge in [-0.05, 0) is 43.5 Å². The van der Waals surface area contributed by atoms with E-state index in [1.165, 1.54) is 0 Å². The van der Waals surface area contributed by atoms with Crippen LogP contribution in [0.5, 0.6) is 0 Å². The van der Waals surface area contributed by atoms with Crippen molar-refractivity contribution in [3.05, 3.63) is 34.9 Å². The summed E-state index contributed by atoms with van der Waals surface area (Å²) in [6, 6.07) is 5.65. The standard InChI is InChI=1S/C16H21NO2/c1-4-15(5-2)17-16(19)14-9-8-13(7-6-10-18)12(3)11-14/h8-9,11,15,18H,4-5,10H2,1-3H3,(H,17,19). The van der Waals surface area contributed by atoms with Crippen molar-refractivity contribution >= 4 is 5.91 Å². The molecule has 19 heavy (non-hydrogen) atoms. The van der Waals surface area contributed by atoms with E-state index in [1.54, 1.807) is 6.07 Å². The maximum Gasteiger partial charge on any atom is 0.251 e. The molecule has 0 bridgehead atoms. The van der Waals surface area contributed by atoms with Gasteiger partial charge in [0.15, 0.2) is 0 Å². The van der Waals surface area contributed by atoms with Crippen LogP contribution in [0.4, 0.5) is 0 Å². The van der Waals surface area contributed by atoms with E-state index < -0.39 is 0 Å². The highest BCUT2D eigenvalue weighted by Gasteiger charge is 2.11. The minimum absolute atomic E-state index is 0.0431. The Morgan fingerprint density at radius 1 is 1.37 bits per heavy atom. The van der Waals surface area contributed by atoms with Crippen LogP contribution in [-0.2, 0) is 0 Å². The molecule has 1 rings (SSSR count). The number of aryl methyl sites for hydroxylation is 1. The topological polar surface area (TPSA) is 49.3 Å². The van der Waals surface area contributed by atoms with Gasteiger partial charge in [0.2, 0.25) is 0 Å². The molecule has 1 amide bonds. The average molecular weight is 259 g/mol. The number of aliphatic hydroxyl groups excluding tert-OH is 1. The number of benzene rings is 1. The van der Waals surface area contributed by atoms with E-state index >= 15 is 0 Å². The molecule has 102 valence electrons. The molecule has 3 nitrogen and oxygen atoms in total. The molecular formula is C16H21NO2. The highest BCUT2D eigenvalue weighted by atomic mass is 16.2. The maximum absolute atomic E-state index is 12.1. The van der Waals surface area contributed by atoms with Gasteiger partial charge in [0, 0.05) is 17.2 Å². The zero-order valence-corrected chi connectivity index (χ0v) is 11.8. The van der Waals surface area contributed by atoms with Gasteiger partial charge < -0.3 is 10.4 Å². The first-order valence-electron chi connectivity index (χ1n) is 6.63. The lowest BCUT2D eigenvalue weighted by Gasteiger charge is -2.15. The minimum atomic E-state index is -0.156. The van der Waals surface area contributed by atoms with Crippen molar-refractivity contribution in [3.63, 3.8) is 0 Å². The SMILES string of the molecule is CCC(CC)NC(=O)c1ccc(C#CCO)c(C)c1. The Balaban J connectivity index is 2.85. The van der Waals surface area contributed by atoms with Crippen molar-refractivity contribution < 1.29 is 9.90 Å². The van der Waals surface area contributed by atoms with E-state index in [0.717, 1.165) is 24.0 Å². The number of carbonyl (C=O) groups excluding carboxylic acids is 1. The fraction of sp³-hybridized carbons (Fsp3) is 0.438. The van der Waals surface area contributed by atoms with Crippen molar-refractivity contribution in [1.82, 2.24) is 5.32 Å². The first-order valence-corrected chi connectivity index (χ1v) is 6.63. The molecule has 0 aromatic heterocycles. The zero-order valence-electron chi connectivity index (χ0n) is 11.8. The predicted molar refractivity (Wildman–Crippen MR) is 77.0 cm³/mol. The van der Waals surface area contributed by atoms with Gasteiger partial charge in [-0.2, -0.15) is 0 Å². The minimum Gasteiger partial charge on any atom is -0.384 e. The Morgan fingerprint density at radius 2 is 2.05 bits per heavy atom. The quantitative estimate of drug-likeness (QED) is 0.815. The summed E-state index contributed by atoms with van der Waals surface area (Å²) in [7, 11) is 0. The summed E-state index contributed by atoms with van der Waals surface area (Å²) in [5.74, 6) is 5.43. The number of hydrogen-bond donors (Lipinski definition) is 2. The Kier molecular flexibility index (Phi) is 6.11. The molecule has 0 fully saturated rings. The van der Waals surface area contributed by atoms with Crippen LogP contribution in [0.25, 0.3) is 0 Å². The van der Waals surface area contributed by atoms with Gasteiger partial charge in [0.05, 0.1) is 0 Å². The van der Waals surface area contributed by atoms with Crippen molar-refractivity contribution in [1.29, 1.82) is 0 Å². The molecule has 0 unspecified atom stereocenters. The zero-order chi connectivity index (χ0) is 14.3. The summed E-state index contributed by atoms with van der Waals surface area (Å²) in [4.78, 5) is 12.1. The number of rotatable bonds is 4. The van der Waals surface area contributed by atoms with Crippen molar-refractivity contribution in [2.75, 3.05) is 6.61 Å². The number of aliphatic hydroxyl groups is 1. The van der Waals surface area contributed by atoms with E-state index in [9.17, 15) is 4.79 Å². The molecule has 0 aliphatic rings. The van der Waals surface area contributed by atoms with Crippen LogP contribution in [0.2, 0.25) is 0 Å². The van der Waals surface area contributed by atoms with Gasteiger partial charge in [0.1, 0.15) is 6.61 Å². The number of amides is 1. The van der Waals surface area contributed by atoms with E-state index in [0.29, 0.717) is 5.56 Å². The van der Waals surface area contributed by atoms with Crippen LogP contribution < -0.4 is 5.32 Å². The molecular weight excluding hydrogens is 238 g/mol. The molecule has 3 heteroatoms. The number of nitrogens with one attached hydrogen (secondary N) is 1. The van der Waals surface area contributed by atoms with Crippen molar-refractivity contribution in [3.8, 4) is 11.8 Å². The normalized spacial score (nSPS) is 9.95. The molecule has 0 saturated heterocycles. The molecule has 0 saturated carbocycles.